The highest BCUT2D eigenvalue weighted by atomic mass is 35.5. The molecule has 11 heteroatoms. The molecule has 0 saturated heterocycles. The van der Waals surface area contributed by atoms with Crippen LogP contribution in [0, 0.1) is 0 Å². The number of halogens is 1. The zero-order valence-corrected chi connectivity index (χ0v) is 14.9. The predicted octanol–water partition coefficient (Wildman–Crippen LogP) is 1.00. The monoisotopic (exact) mass is 384 g/mol. The van der Waals surface area contributed by atoms with Crippen molar-refractivity contribution in [2.24, 2.45) is 0 Å². The van der Waals surface area contributed by atoms with Gasteiger partial charge in [0.15, 0.2) is 0 Å². The van der Waals surface area contributed by atoms with Gasteiger partial charge in [-0.05, 0) is 5.56 Å². The van der Waals surface area contributed by atoms with E-state index in [2.05, 4.69) is 0 Å². The Labute approximate surface area is 140 Å². The van der Waals surface area contributed by atoms with Gasteiger partial charge >= 0.3 is 6.09 Å². The van der Waals surface area contributed by atoms with Gasteiger partial charge in [0.25, 0.3) is 10.0 Å². The number of hydrogen-bond acceptors (Lipinski definition) is 6. The fraction of sp³-hybridized carbons (Fsp3) is 0.417. The number of hydrogen-bond donors (Lipinski definition) is 0. The zero-order chi connectivity index (χ0) is 17.7. The molecule has 1 rings (SSSR count). The second-order valence-corrected chi connectivity index (χ2v) is 8.62. The molecule has 1 aromatic rings. The summed E-state index contributed by atoms with van der Waals surface area (Å²) in [7, 11) is -8.27. The molecule has 0 atom stereocenters. The quantitative estimate of drug-likeness (QED) is 0.513. The lowest BCUT2D eigenvalue weighted by atomic mass is 10.2. The smallest absolute Gasteiger partial charge is 0.440 e. The highest BCUT2D eigenvalue weighted by Gasteiger charge is 2.36. The molecule has 0 aliphatic carbocycles. The highest BCUT2D eigenvalue weighted by Crippen LogP contribution is 2.13. The van der Waals surface area contributed by atoms with E-state index in [0.29, 0.717) is 16.2 Å². The van der Waals surface area contributed by atoms with Crippen molar-refractivity contribution in [3.8, 4) is 0 Å². The van der Waals surface area contributed by atoms with E-state index in [9.17, 15) is 21.6 Å². The van der Waals surface area contributed by atoms with Gasteiger partial charge in [0, 0.05) is 12.4 Å². The standard InChI is InChI=1S/C12H17ClN2O6S2/c1-22(17,18)14(9-8-13)15(23(2,19)20)12(16)21-10-11-6-4-3-5-7-11/h3-7H,8-10H2,1-2H3. The van der Waals surface area contributed by atoms with E-state index < -0.39 is 32.7 Å². The van der Waals surface area contributed by atoms with Crippen molar-refractivity contribution in [2.75, 3.05) is 24.9 Å². The third-order valence-electron chi connectivity index (χ3n) is 2.54. The van der Waals surface area contributed by atoms with Crippen LogP contribution in [0.5, 0.6) is 0 Å². The molecular weight excluding hydrogens is 368 g/mol. The summed E-state index contributed by atoms with van der Waals surface area (Å²) < 4.78 is 52.5. The Morgan fingerprint density at radius 3 is 2.09 bits per heavy atom. The summed E-state index contributed by atoms with van der Waals surface area (Å²) in [5.41, 5.74) is 0.623. The number of carbonyl (C=O) groups excluding carboxylic acids is 1. The molecule has 0 bridgehead atoms. The van der Waals surface area contributed by atoms with Crippen molar-refractivity contribution < 1.29 is 26.4 Å². The first-order valence-corrected chi connectivity index (χ1v) is 10.5. The molecule has 0 aliphatic rings. The van der Waals surface area contributed by atoms with E-state index in [1.165, 1.54) is 0 Å². The number of nitrogens with zero attached hydrogens (tertiary/aromatic N) is 2. The minimum atomic E-state index is -4.23. The average molecular weight is 385 g/mol. The molecule has 23 heavy (non-hydrogen) atoms. The zero-order valence-electron chi connectivity index (χ0n) is 12.5. The van der Waals surface area contributed by atoms with Crippen LogP contribution in [0.4, 0.5) is 4.79 Å². The van der Waals surface area contributed by atoms with Crippen molar-refractivity contribution in [1.29, 1.82) is 0 Å². The molecule has 0 aromatic heterocycles. The topological polar surface area (TPSA) is 101 Å². The Balaban J connectivity index is 3.04. The summed E-state index contributed by atoms with van der Waals surface area (Å²) in [6.45, 7) is -0.599. The van der Waals surface area contributed by atoms with E-state index in [1.54, 1.807) is 30.3 Å². The van der Waals surface area contributed by atoms with E-state index in [1.807, 2.05) is 0 Å². The van der Waals surface area contributed by atoms with E-state index in [0.717, 1.165) is 6.26 Å². The maximum Gasteiger partial charge on any atom is 0.440 e. The lowest BCUT2D eigenvalue weighted by Crippen LogP contribution is -2.52. The van der Waals surface area contributed by atoms with Crippen LogP contribution in [0.25, 0.3) is 0 Å². The first-order chi connectivity index (χ1) is 10.6. The molecule has 0 radical (unpaired) electrons. The predicted molar refractivity (Wildman–Crippen MR) is 85.6 cm³/mol. The molecule has 0 aliphatic heterocycles. The van der Waals surface area contributed by atoms with Gasteiger partial charge in [-0.3, -0.25) is 0 Å². The number of carbonyl (C=O) groups is 1. The van der Waals surface area contributed by atoms with Gasteiger partial charge in [0.2, 0.25) is 10.0 Å². The van der Waals surface area contributed by atoms with Gasteiger partial charge in [-0.15, -0.1) is 16.0 Å². The summed E-state index contributed by atoms with van der Waals surface area (Å²) in [6.07, 6.45) is 0.137. The molecule has 1 amide bonds. The third kappa shape index (κ3) is 5.98. The fourth-order valence-electron chi connectivity index (χ4n) is 1.63. The SMILES string of the molecule is CS(=O)(=O)N(CCCl)N(C(=O)OCc1ccccc1)S(C)(=O)=O. The molecule has 1 aromatic carbocycles. The maximum absolute atomic E-state index is 12.1. The molecule has 130 valence electrons. The van der Waals surface area contributed by atoms with Gasteiger partial charge in [0.1, 0.15) is 6.61 Å². The van der Waals surface area contributed by atoms with Gasteiger partial charge < -0.3 is 4.74 Å². The normalized spacial score (nSPS) is 12.2. The number of alkyl halides is 1. The highest BCUT2D eigenvalue weighted by molar-refractivity contribution is 7.91. The summed E-state index contributed by atoms with van der Waals surface area (Å²) >= 11 is 5.49. The molecule has 0 fully saturated rings. The van der Waals surface area contributed by atoms with Crippen LogP contribution in [0.1, 0.15) is 5.56 Å². The van der Waals surface area contributed by atoms with Crippen molar-refractivity contribution in [1.82, 2.24) is 8.83 Å². The fourth-order valence-corrected chi connectivity index (χ4v) is 4.11. The molecule has 0 unspecified atom stereocenters. The first-order valence-electron chi connectivity index (χ1n) is 6.32. The van der Waals surface area contributed by atoms with Crippen LogP contribution in [0.15, 0.2) is 30.3 Å². The molecule has 0 N–H and O–H groups in total. The average Bonchev–Trinajstić information content (AvgIpc) is 2.43. The Kier molecular flexibility index (Phi) is 6.81. The first kappa shape index (κ1) is 19.7. The maximum atomic E-state index is 12.1. The largest absolute Gasteiger partial charge is 0.443 e. The summed E-state index contributed by atoms with van der Waals surface area (Å²) in [6, 6.07) is 8.54. The molecule has 8 nitrogen and oxygen atoms in total. The van der Waals surface area contributed by atoms with Gasteiger partial charge in [0.05, 0.1) is 12.5 Å². The molecule has 0 saturated carbocycles. The van der Waals surface area contributed by atoms with Gasteiger partial charge in [-0.25, -0.2) is 21.6 Å². The second kappa shape index (κ2) is 7.95. The second-order valence-electron chi connectivity index (χ2n) is 4.54. The van der Waals surface area contributed by atoms with Gasteiger partial charge in [-0.2, -0.15) is 0 Å². The van der Waals surface area contributed by atoms with E-state index in [4.69, 9.17) is 16.3 Å². The summed E-state index contributed by atoms with van der Waals surface area (Å²) in [5, 5.41) is 0. The van der Waals surface area contributed by atoms with Crippen LogP contribution in [0.2, 0.25) is 0 Å². The molecule has 0 heterocycles. The minimum Gasteiger partial charge on any atom is -0.443 e. The Bertz CT molecular complexity index is 736. The summed E-state index contributed by atoms with van der Waals surface area (Å²) in [5.74, 6) is -0.203. The number of amides is 1. The summed E-state index contributed by atoms with van der Waals surface area (Å²) in [4.78, 5) is 12.1. The van der Waals surface area contributed by atoms with Crippen LogP contribution < -0.4 is 0 Å². The molecule has 0 spiro atoms. The number of sulfonamides is 2. The Hall–Kier alpha value is -1.36. The van der Waals surface area contributed by atoms with Gasteiger partial charge in [-0.1, -0.05) is 34.7 Å². The Morgan fingerprint density at radius 1 is 1.09 bits per heavy atom. The van der Waals surface area contributed by atoms with Crippen molar-refractivity contribution in [2.45, 2.75) is 6.61 Å². The minimum absolute atomic E-state index is 0.0631. The van der Waals surface area contributed by atoms with Crippen LogP contribution in [-0.2, 0) is 31.4 Å². The molecular formula is C12H17ClN2O6S2. The van der Waals surface area contributed by atoms with Crippen molar-refractivity contribution in [3.63, 3.8) is 0 Å². The number of rotatable bonds is 7. The third-order valence-corrected chi connectivity index (χ3v) is 4.90. The van der Waals surface area contributed by atoms with Crippen LogP contribution in [-0.4, -0.2) is 56.7 Å². The van der Waals surface area contributed by atoms with Crippen molar-refractivity contribution in [3.05, 3.63) is 35.9 Å². The van der Waals surface area contributed by atoms with Crippen LogP contribution in [0.3, 0.4) is 0 Å². The number of hydrazine groups is 1. The number of ether oxygens (including phenoxy) is 1. The van der Waals surface area contributed by atoms with Crippen molar-refractivity contribution >= 4 is 37.7 Å². The lowest BCUT2D eigenvalue weighted by molar-refractivity contribution is 0.0785. The lowest BCUT2D eigenvalue weighted by Gasteiger charge is -2.29. The van der Waals surface area contributed by atoms with E-state index >= 15 is 0 Å². The van der Waals surface area contributed by atoms with E-state index in [-0.39, 0.29) is 16.9 Å². The Morgan fingerprint density at radius 2 is 1.65 bits per heavy atom. The number of benzene rings is 1. The van der Waals surface area contributed by atoms with Crippen LogP contribution >= 0.6 is 11.6 Å².